The van der Waals surface area contributed by atoms with Crippen LogP contribution in [-0.2, 0) is 11.2 Å². The normalized spacial score (nSPS) is 14.6. The molecule has 0 aromatic heterocycles. The maximum Gasteiger partial charge on any atom is 0.174 e. The number of rotatable bonds is 1. The lowest BCUT2D eigenvalue weighted by Crippen LogP contribution is -2.21. The average Bonchev–Trinajstić information content (AvgIpc) is 2.17. The molecule has 13 heavy (non-hydrogen) atoms. The monoisotopic (exact) mass is 176 g/mol. The van der Waals surface area contributed by atoms with Crippen LogP contribution in [0.25, 0.3) is 0 Å². The molecule has 1 aliphatic rings. The lowest BCUT2D eigenvalue weighted by atomic mass is 10.0. The van der Waals surface area contributed by atoms with E-state index >= 15 is 0 Å². The third-order valence-electron chi connectivity index (χ3n) is 2.06. The molecule has 0 spiro atoms. The number of fused-ring (bicyclic) bond motifs is 1. The molecule has 2 rings (SSSR count). The highest BCUT2D eigenvalue weighted by Crippen LogP contribution is 2.25. The zero-order valence-electron chi connectivity index (χ0n) is 6.95. The lowest BCUT2D eigenvalue weighted by molar-refractivity contribution is -0.121. The number of carbonyl (C=O) groups is 2. The number of ether oxygens (including phenoxy) is 1. The standard InChI is InChI=1S/C10H8O3/c11-5-7-2-1-3-10-9(7)4-8(12)6-13-10/h1-3,5H,4,6H2. The van der Waals surface area contributed by atoms with Gasteiger partial charge in [0, 0.05) is 17.5 Å². The van der Waals surface area contributed by atoms with E-state index in [9.17, 15) is 9.59 Å². The Morgan fingerprint density at radius 1 is 1.38 bits per heavy atom. The number of hydrogen-bond acceptors (Lipinski definition) is 3. The molecule has 0 amide bonds. The highest BCUT2D eigenvalue weighted by molar-refractivity contribution is 5.89. The van der Waals surface area contributed by atoms with Gasteiger partial charge in [0.1, 0.15) is 18.6 Å². The van der Waals surface area contributed by atoms with Crippen molar-refractivity contribution in [3.63, 3.8) is 0 Å². The van der Waals surface area contributed by atoms with Crippen LogP contribution in [0, 0.1) is 0 Å². The molecule has 1 heterocycles. The fraction of sp³-hybridized carbons (Fsp3) is 0.200. The van der Waals surface area contributed by atoms with Gasteiger partial charge in [-0.25, -0.2) is 0 Å². The first-order valence-corrected chi connectivity index (χ1v) is 4.03. The predicted octanol–water partition coefficient (Wildman–Crippen LogP) is 1.00. The molecule has 0 unspecified atom stereocenters. The summed E-state index contributed by atoms with van der Waals surface area (Å²) in [6.07, 6.45) is 1.06. The van der Waals surface area contributed by atoms with Crippen LogP contribution >= 0.6 is 0 Å². The highest BCUT2D eigenvalue weighted by Gasteiger charge is 2.18. The molecule has 0 N–H and O–H groups in total. The van der Waals surface area contributed by atoms with E-state index in [2.05, 4.69) is 0 Å². The maximum atomic E-state index is 11.1. The van der Waals surface area contributed by atoms with Crippen LogP contribution in [-0.4, -0.2) is 18.7 Å². The van der Waals surface area contributed by atoms with Gasteiger partial charge in [-0.15, -0.1) is 0 Å². The zero-order valence-corrected chi connectivity index (χ0v) is 6.95. The molecule has 0 radical (unpaired) electrons. The number of carbonyl (C=O) groups excluding carboxylic acids is 2. The predicted molar refractivity (Wildman–Crippen MR) is 46.0 cm³/mol. The summed E-state index contributed by atoms with van der Waals surface area (Å²) in [6, 6.07) is 5.21. The summed E-state index contributed by atoms with van der Waals surface area (Å²) in [5, 5.41) is 0. The smallest absolute Gasteiger partial charge is 0.174 e. The fourth-order valence-corrected chi connectivity index (χ4v) is 1.42. The molecular weight excluding hydrogens is 168 g/mol. The minimum atomic E-state index is 0.0156. The van der Waals surface area contributed by atoms with Gasteiger partial charge in [0.05, 0.1) is 0 Å². The number of ketones is 1. The first-order chi connectivity index (χ1) is 6.31. The summed E-state index contributed by atoms with van der Waals surface area (Å²) in [6.45, 7) is 0.120. The summed E-state index contributed by atoms with van der Waals surface area (Å²) >= 11 is 0. The molecular formula is C10H8O3. The summed E-state index contributed by atoms with van der Waals surface area (Å²) in [5.74, 6) is 0.672. The van der Waals surface area contributed by atoms with Crippen molar-refractivity contribution >= 4 is 12.1 Å². The van der Waals surface area contributed by atoms with Crippen molar-refractivity contribution in [3.8, 4) is 5.75 Å². The molecule has 3 nitrogen and oxygen atoms in total. The highest BCUT2D eigenvalue weighted by atomic mass is 16.5. The topological polar surface area (TPSA) is 43.4 Å². The van der Waals surface area contributed by atoms with E-state index < -0.39 is 0 Å². The van der Waals surface area contributed by atoms with Crippen molar-refractivity contribution in [1.29, 1.82) is 0 Å². The Kier molecular flexibility index (Phi) is 1.85. The summed E-state index contributed by atoms with van der Waals surface area (Å²) in [7, 11) is 0. The van der Waals surface area contributed by atoms with Gasteiger partial charge in [-0.2, -0.15) is 0 Å². The van der Waals surface area contributed by atoms with Gasteiger partial charge in [-0.3, -0.25) is 9.59 Å². The number of Topliss-reactive ketones (excluding diaryl/α,β-unsaturated/α-hetero) is 1. The minimum absolute atomic E-state index is 0.0156. The third kappa shape index (κ3) is 1.33. The van der Waals surface area contributed by atoms with Crippen LogP contribution in [0.5, 0.6) is 5.75 Å². The molecule has 1 aliphatic heterocycles. The van der Waals surface area contributed by atoms with Crippen molar-refractivity contribution in [1.82, 2.24) is 0 Å². The van der Waals surface area contributed by atoms with E-state index in [1.54, 1.807) is 18.2 Å². The summed E-state index contributed by atoms with van der Waals surface area (Å²) in [4.78, 5) is 21.7. The second-order valence-electron chi connectivity index (χ2n) is 2.95. The van der Waals surface area contributed by atoms with Crippen molar-refractivity contribution < 1.29 is 14.3 Å². The van der Waals surface area contributed by atoms with Gasteiger partial charge >= 0.3 is 0 Å². The van der Waals surface area contributed by atoms with Gasteiger partial charge in [0.25, 0.3) is 0 Å². The van der Waals surface area contributed by atoms with Gasteiger partial charge in [-0.1, -0.05) is 12.1 Å². The van der Waals surface area contributed by atoms with Crippen LogP contribution in [0.4, 0.5) is 0 Å². The van der Waals surface area contributed by atoms with E-state index in [0.29, 0.717) is 23.3 Å². The molecule has 0 bridgehead atoms. The van der Waals surface area contributed by atoms with Crippen LogP contribution < -0.4 is 4.74 Å². The van der Waals surface area contributed by atoms with Crippen molar-refractivity contribution in [2.45, 2.75) is 6.42 Å². The Balaban J connectivity index is 2.52. The van der Waals surface area contributed by atoms with Gasteiger partial charge < -0.3 is 4.74 Å². The number of hydrogen-bond donors (Lipinski definition) is 0. The first-order valence-electron chi connectivity index (χ1n) is 4.03. The van der Waals surface area contributed by atoms with Crippen LogP contribution in [0.2, 0.25) is 0 Å². The Morgan fingerprint density at radius 2 is 2.23 bits per heavy atom. The zero-order chi connectivity index (χ0) is 9.26. The molecule has 0 saturated heterocycles. The lowest BCUT2D eigenvalue weighted by Gasteiger charge is -2.17. The molecule has 0 saturated carbocycles. The SMILES string of the molecule is O=Cc1cccc2c1CC(=O)CO2. The molecule has 66 valence electrons. The Bertz CT molecular complexity index is 368. The summed E-state index contributed by atoms with van der Waals surface area (Å²) in [5.41, 5.74) is 1.26. The molecule has 1 aromatic rings. The number of benzene rings is 1. The van der Waals surface area contributed by atoms with Crippen molar-refractivity contribution in [2.24, 2.45) is 0 Å². The second kappa shape index (κ2) is 3.01. The Labute approximate surface area is 75.3 Å². The summed E-state index contributed by atoms with van der Waals surface area (Å²) < 4.78 is 5.17. The van der Waals surface area contributed by atoms with E-state index in [1.165, 1.54) is 0 Å². The average molecular weight is 176 g/mol. The molecule has 0 fully saturated rings. The molecule has 1 aromatic carbocycles. The first kappa shape index (κ1) is 7.98. The van der Waals surface area contributed by atoms with Crippen LogP contribution in [0.1, 0.15) is 15.9 Å². The molecule has 0 aliphatic carbocycles. The van der Waals surface area contributed by atoms with Crippen molar-refractivity contribution in [2.75, 3.05) is 6.61 Å². The Morgan fingerprint density at radius 3 is 3.00 bits per heavy atom. The van der Waals surface area contributed by atoms with Crippen LogP contribution in [0.3, 0.4) is 0 Å². The maximum absolute atomic E-state index is 11.1. The van der Waals surface area contributed by atoms with Crippen molar-refractivity contribution in [3.05, 3.63) is 29.3 Å². The van der Waals surface area contributed by atoms with Gasteiger partial charge in [0.15, 0.2) is 5.78 Å². The second-order valence-corrected chi connectivity index (χ2v) is 2.95. The fourth-order valence-electron chi connectivity index (χ4n) is 1.42. The van der Waals surface area contributed by atoms with Gasteiger partial charge in [0.2, 0.25) is 0 Å². The van der Waals surface area contributed by atoms with E-state index in [0.717, 1.165) is 6.29 Å². The third-order valence-corrected chi connectivity index (χ3v) is 2.06. The van der Waals surface area contributed by atoms with Gasteiger partial charge in [-0.05, 0) is 6.07 Å². The van der Waals surface area contributed by atoms with Crippen LogP contribution in [0.15, 0.2) is 18.2 Å². The quantitative estimate of drug-likeness (QED) is 0.599. The minimum Gasteiger partial charge on any atom is -0.486 e. The van der Waals surface area contributed by atoms with E-state index in [4.69, 9.17) is 4.74 Å². The number of aldehydes is 1. The Hall–Kier alpha value is -1.64. The molecule has 0 atom stereocenters. The van der Waals surface area contributed by atoms with E-state index in [-0.39, 0.29) is 12.4 Å². The largest absolute Gasteiger partial charge is 0.486 e. The molecule has 3 heteroatoms. The van der Waals surface area contributed by atoms with E-state index in [1.807, 2.05) is 0 Å².